The second kappa shape index (κ2) is 8.36. The molecule has 0 aromatic heterocycles. The van der Waals surface area contributed by atoms with E-state index >= 15 is 0 Å². The summed E-state index contributed by atoms with van der Waals surface area (Å²) in [6.07, 6.45) is 9.51. The molecule has 0 saturated carbocycles. The summed E-state index contributed by atoms with van der Waals surface area (Å²) < 4.78 is 0. The Hall–Kier alpha value is 0.250. The summed E-state index contributed by atoms with van der Waals surface area (Å²) in [6.45, 7) is 7.29. The van der Waals surface area contributed by atoms with E-state index < -0.39 is 0 Å². The van der Waals surface area contributed by atoms with Gasteiger partial charge in [0, 0.05) is 11.9 Å². The second-order valence-electron chi connectivity index (χ2n) is 5.32. The Kier molecular flexibility index (Phi) is 7.47. The number of likely N-dealkylation sites (tertiary alicyclic amines) is 1. The fraction of sp³-hybridized carbons (Fsp3) is 1.00. The molecule has 2 unspecified atom stereocenters. The van der Waals surface area contributed by atoms with Crippen LogP contribution >= 0.6 is 11.6 Å². The molecule has 0 amide bonds. The number of hydrogen-bond donors (Lipinski definition) is 0. The molecule has 0 spiro atoms. The first-order valence-corrected chi connectivity index (χ1v) is 7.61. The zero-order valence-electron chi connectivity index (χ0n) is 11.1. The van der Waals surface area contributed by atoms with E-state index in [0.717, 1.165) is 17.8 Å². The number of nitrogens with zero attached hydrogens (tertiary/aromatic N) is 1. The van der Waals surface area contributed by atoms with E-state index in [9.17, 15) is 0 Å². The standard InChI is InChI=1S/C14H28ClN/c1-3-14-7-5-4-6-11-16(14)12-9-13(2)8-10-15/h13-14H,3-12H2,1-2H3. The van der Waals surface area contributed by atoms with E-state index in [1.54, 1.807) is 0 Å². The predicted molar refractivity (Wildman–Crippen MR) is 73.2 cm³/mol. The van der Waals surface area contributed by atoms with Crippen LogP contribution in [-0.2, 0) is 0 Å². The van der Waals surface area contributed by atoms with Crippen molar-refractivity contribution in [3.63, 3.8) is 0 Å². The molecule has 1 aliphatic rings. The molecule has 96 valence electrons. The summed E-state index contributed by atoms with van der Waals surface area (Å²) in [5.41, 5.74) is 0. The average molecular weight is 246 g/mol. The first-order valence-electron chi connectivity index (χ1n) is 7.08. The Balaban J connectivity index is 2.30. The molecular weight excluding hydrogens is 218 g/mol. The Morgan fingerprint density at radius 3 is 2.75 bits per heavy atom. The van der Waals surface area contributed by atoms with E-state index in [2.05, 4.69) is 18.7 Å². The van der Waals surface area contributed by atoms with Crippen molar-refractivity contribution >= 4 is 11.6 Å². The van der Waals surface area contributed by atoms with E-state index in [1.165, 1.54) is 58.0 Å². The zero-order valence-corrected chi connectivity index (χ0v) is 11.8. The van der Waals surface area contributed by atoms with Gasteiger partial charge in [0.1, 0.15) is 0 Å². The molecule has 0 aromatic rings. The molecule has 1 fully saturated rings. The van der Waals surface area contributed by atoms with Crippen molar-refractivity contribution in [1.82, 2.24) is 4.90 Å². The Bertz CT molecular complexity index is 172. The van der Waals surface area contributed by atoms with E-state index in [4.69, 9.17) is 11.6 Å². The third-order valence-corrected chi connectivity index (χ3v) is 4.20. The van der Waals surface area contributed by atoms with Gasteiger partial charge in [0.05, 0.1) is 0 Å². The molecule has 0 radical (unpaired) electrons. The van der Waals surface area contributed by atoms with Gasteiger partial charge in [-0.05, 0) is 51.1 Å². The summed E-state index contributed by atoms with van der Waals surface area (Å²) in [6, 6.07) is 0.853. The number of halogens is 1. The van der Waals surface area contributed by atoms with Gasteiger partial charge in [0.2, 0.25) is 0 Å². The van der Waals surface area contributed by atoms with Crippen LogP contribution in [-0.4, -0.2) is 29.9 Å². The molecule has 0 aromatic carbocycles. The lowest BCUT2D eigenvalue weighted by molar-refractivity contribution is 0.182. The molecule has 0 N–H and O–H groups in total. The van der Waals surface area contributed by atoms with Crippen LogP contribution in [0.1, 0.15) is 58.8 Å². The van der Waals surface area contributed by atoms with Crippen LogP contribution in [0.3, 0.4) is 0 Å². The molecule has 2 heteroatoms. The molecule has 0 bridgehead atoms. The van der Waals surface area contributed by atoms with Crippen molar-refractivity contribution in [2.75, 3.05) is 19.0 Å². The van der Waals surface area contributed by atoms with Gasteiger partial charge in [-0.15, -0.1) is 11.6 Å². The van der Waals surface area contributed by atoms with Gasteiger partial charge in [-0.3, -0.25) is 0 Å². The molecule has 1 heterocycles. The Labute approximate surface area is 107 Å². The largest absolute Gasteiger partial charge is 0.300 e. The Morgan fingerprint density at radius 1 is 1.25 bits per heavy atom. The summed E-state index contributed by atoms with van der Waals surface area (Å²) in [5, 5.41) is 0. The lowest BCUT2D eigenvalue weighted by Crippen LogP contribution is -2.35. The number of hydrogen-bond acceptors (Lipinski definition) is 1. The second-order valence-corrected chi connectivity index (χ2v) is 5.70. The first kappa shape index (κ1) is 14.3. The molecule has 16 heavy (non-hydrogen) atoms. The van der Waals surface area contributed by atoms with Crippen molar-refractivity contribution in [3.8, 4) is 0 Å². The van der Waals surface area contributed by atoms with Crippen molar-refractivity contribution < 1.29 is 0 Å². The quantitative estimate of drug-likeness (QED) is 0.631. The van der Waals surface area contributed by atoms with Crippen molar-refractivity contribution in [1.29, 1.82) is 0 Å². The SMILES string of the molecule is CCC1CCCCCN1CCC(C)CCCl. The molecule has 1 rings (SSSR count). The lowest BCUT2D eigenvalue weighted by atomic mass is 10.0. The van der Waals surface area contributed by atoms with Gasteiger partial charge in [0.25, 0.3) is 0 Å². The maximum Gasteiger partial charge on any atom is 0.0225 e. The maximum absolute atomic E-state index is 5.79. The highest BCUT2D eigenvalue weighted by atomic mass is 35.5. The minimum absolute atomic E-state index is 0.790. The van der Waals surface area contributed by atoms with Crippen LogP contribution in [0.5, 0.6) is 0 Å². The maximum atomic E-state index is 5.79. The highest BCUT2D eigenvalue weighted by Gasteiger charge is 2.19. The summed E-state index contributed by atoms with van der Waals surface area (Å²) in [7, 11) is 0. The molecular formula is C14H28ClN. The highest BCUT2D eigenvalue weighted by molar-refractivity contribution is 6.17. The Morgan fingerprint density at radius 2 is 2.06 bits per heavy atom. The monoisotopic (exact) mass is 245 g/mol. The molecule has 1 nitrogen and oxygen atoms in total. The molecule has 1 saturated heterocycles. The number of alkyl halides is 1. The van der Waals surface area contributed by atoms with Crippen LogP contribution < -0.4 is 0 Å². The van der Waals surface area contributed by atoms with Gasteiger partial charge in [-0.1, -0.05) is 26.7 Å². The minimum atomic E-state index is 0.790. The van der Waals surface area contributed by atoms with Crippen LogP contribution in [0.15, 0.2) is 0 Å². The lowest BCUT2D eigenvalue weighted by Gasteiger charge is -2.30. The van der Waals surface area contributed by atoms with Crippen LogP contribution in [0.4, 0.5) is 0 Å². The minimum Gasteiger partial charge on any atom is -0.300 e. The van der Waals surface area contributed by atoms with Crippen molar-refractivity contribution in [2.24, 2.45) is 5.92 Å². The van der Waals surface area contributed by atoms with Crippen LogP contribution in [0.25, 0.3) is 0 Å². The van der Waals surface area contributed by atoms with Gasteiger partial charge in [-0.2, -0.15) is 0 Å². The highest BCUT2D eigenvalue weighted by Crippen LogP contribution is 2.20. The zero-order chi connectivity index (χ0) is 11.8. The average Bonchev–Trinajstić information content (AvgIpc) is 2.51. The van der Waals surface area contributed by atoms with Gasteiger partial charge < -0.3 is 4.90 Å². The summed E-state index contributed by atoms with van der Waals surface area (Å²) >= 11 is 5.79. The van der Waals surface area contributed by atoms with E-state index in [-0.39, 0.29) is 0 Å². The third kappa shape index (κ3) is 5.05. The topological polar surface area (TPSA) is 3.24 Å². The van der Waals surface area contributed by atoms with Crippen molar-refractivity contribution in [2.45, 2.75) is 64.8 Å². The van der Waals surface area contributed by atoms with Crippen LogP contribution in [0, 0.1) is 5.92 Å². The molecule has 2 atom stereocenters. The van der Waals surface area contributed by atoms with E-state index in [1.807, 2.05) is 0 Å². The normalized spacial score (nSPS) is 25.3. The third-order valence-electron chi connectivity index (χ3n) is 3.98. The predicted octanol–water partition coefficient (Wildman–Crippen LogP) is 4.30. The fourth-order valence-electron chi connectivity index (χ4n) is 2.71. The van der Waals surface area contributed by atoms with Crippen molar-refractivity contribution in [3.05, 3.63) is 0 Å². The molecule has 0 aliphatic carbocycles. The summed E-state index contributed by atoms with van der Waals surface area (Å²) in [5.74, 6) is 1.61. The van der Waals surface area contributed by atoms with Gasteiger partial charge in [-0.25, -0.2) is 0 Å². The number of rotatable bonds is 6. The summed E-state index contributed by atoms with van der Waals surface area (Å²) in [4.78, 5) is 2.73. The molecule has 1 aliphatic heterocycles. The van der Waals surface area contributed by atoms with Crippen LogP contribution in [0.2, 0.25) is 0 Å². The fourth-order valence-corrected chi connectivity index (χ4v) is 3.08. The van der Waals surface area contributed by atoms with E-state index in [0.29, 0.717) is 0 Å². The first-order chi connectivity index (χ1) is 7.77. The van der Waals surface area contributed by atoms with Gasteiger partial charge in [0.15, 0.2) is 0 Å². The smallest absolute Gasteiger partial charge is 0.0225 e. The van der Waals surface area contributed by atoms with Gasteiger partial charge >= 0.3 is 0 Å².